The van der Waals surface area contributed by atoms with Gasteiger partial charge in [-0.2, -0.15) is 0 Å². The van der Waals surface area contributed by atoms with Crippen LogP contribution in [0.1, 0.15) is 94.8 Å². The zero-order valence-corrected chi connectivity index (χ0v) is 20.6. The molecule has 0 fully saturated rings. The summed E-state index contributed by atoms with van der Waals surface area (Å²) in [5, 5.41) is 0.561. The van der Waals surface area contributed by atoms with Crippen molar-refractivity contribution in [2.75, 3.05) is 13.2 Å². The van der Waals surface area contributed by atoms with E-state index in [2.05, 4.69) is 6.92 Å². The minimum Gasteiger partial charge on any atom is -0.492 e. The second-order valence-electron chi connectivity index (χ2n) is 8.36. The lowest BCUT2D eigenvalue weighted by Crippen LogP contribution is -2.07. The van der Waals surface area contributed by atoms with E-state index in [0.717, 1.165) is 24.0 Å². The number of unbranched alkanes of at least 4 members (excludes halogenated alkanes) is 9. The van der Waals surface area contributed by atoms with Crippen LogP contribution in [0.15, 0.2) is 42.5 Å². The highest BCUT2D eigenvalue weighted by Gasteiger charge is 2.14. The van der Waals surface area contributed by atoms with Gasteiger partial charge in [0.15, 0.2) is 0 Å². The monoisotopic (exact) mass is 458 g/mol. The number of halogens is 1. The first-order valence-electron chi connectivity index (χ1n) is 12.4. The van der Waals surface area contributed by atoms with Crippen LogP contribution >= 0.6 is 11.6 Å². The van der Waals surface area contributed by atoms with E-state index >= 15 is 0 Å². The minimum atomic E-state index is -0.306. The van der Waals surface area contributed by atoms with E-state index in [9.17, 15) is 4.79 Å². The van der Waals surface area contributed by atoms with Crippen molar-refractivity contribution in [1.82, 2.24) is 0 Å². The first-order valence-corrected chi connectivity index (χ1v) is 12.7. The topological polar surface area (TPSA) is 35.5 Å². The number of rotatable bonds is 16. The highest BCUT2D eigenvalue weighted by molar-refractivity contribution is 6.32. The summed E-state index contributed by atoms with van der Waals surface area (Å²) in [4.78, 5) is 12.4. The summed E-state index contributed by atoms with van der Waals surface area (Å²) >= 11 is 6.49. The van der Waals surface area contributed by atoms with Crippen LogP contribution < -0.4 is 4.74 Å². The van der Waals surface area contributed by atoms with Crippen LogP contribution in [0.5, 0.6) is 5.75 Å². The Kier molecular flexibility index (Phi) is 12.9. The second kappa shape index (κ2) is 15.7. The van der Waals surface area contributed by atoms with Crippen LogP contribution in [-0.2, 0) is 4.74 Å². The van der Waals surface area contributed by atoms with Gasteiger partial charge in [0.05, 0.1) is 23.8 Å². The molecule has 0 aliphatic heterocycles. The molecule has 0 radical (unpaired) electrons. The summed E-state index contributed by atoms with van der Waals surface area (Å²) in [6.45, 7) is 5.33. The summed E-state index contributed by atoms with van der Waals surface area (Å²) in [5.41, 5.74) is 2.25. The molecule has 4 heteroatoms. The maximum absolute atomic E-state index is 12.4. The van der Waals surface area contributed by atoms with Crippen LogP contribution in [-0.4, -0.2) is 19.2 Å². The van der Waals surface area contributed by atoms with Crippen molar-refractivity contribution in [3.8, 4) is 16.9 Å². The number of carbonyl (C=O) groups excluding carboxylic acids is 1. The molecular formula is C28H39ClO3. The van der Waals surface area contributed by atoms with Gasteiger partial charge in [0.25, 0.3) is 0 Å². The van der Waals surface area contributed by atoms with Gasteiger partial charge in [-0.05, 0) is 42.2 Å². The average molecular weight is 459 g/mol. The Morgan fingerprint density at radius 2 is 1.44 bits per heavy atom. The number of hydrogen-bond donors (Lipinski definition) is 0. The lowest BCUT2D eigenvalue weighted by atomic mass is 9.99. The van der Waals surface area contributed by atoms with Crippen LogP contribution in [0.2, 0.25) is 5.02 Å². The highest BCUT2D eigenvalue weighted by Crippen LogP contribution is 2.32. The normalized spacial score (nSPS) is 10.8. The SMILES string of the molecule is CCCCCCCCCCCCOc1ccc(-c2ccccc2C(=O)OCCC)cc1Cl. The van der Waals surface area contributed by atoms with E-state index in [1.807, 2.05) is 43.3 Å². The van der Waals surface area contributed by atoms with Gasteiger partial charge in [-0.25, -0.2) is 4.79 Å². The third-order valence-electron chi connectivity index (χ3n) is 5.58. The molecule has 0 unspecified atom stereocenters. The van der Waals surface area contributed by atoms with Crippen molar-refractivity contribution in [1.29, 1.82) is 0 Å². The van der Waals surface area contributed by atoms with Crippen molar-refractivity contribution < 1.29 is 14.3 Å². The molecular weight excluding hydrogens is 420 g/mol. The minimum absolute atomic E-state index is 0.306. The van der Waals surface area contributed by atoms with Gasteiger partial charge in [0.2, 0.25) is 0 Å². The summed E-state index contributed by atoms with van der Waals surface area (Å²) < 4.78 is 11.2. The molecule has 2 rings (SSSR count). The fourth-order valence-electron chi connectivity index (χ4n) is 3.74. The Bertz CT molecular complexity index is 803. The lowest BCUT2D eigenvalue weighted by Gasteiger charge is -2.12. The molecule has 0 N–H and O–H groups in total. The maximum Gasteiger partial charge on any atom is 0.338 e. The highest BCUT2D eigenvalue weighted by atomic mass is 35.5. The number of benzene rings is 2. The molecule has 3 nitrogen and oxygen atoms in total. The number of carbonyl (C=O) groups is 1. The molecule has 32 heavy (non-hydrogen) atoms. The van der Waals surface area contributed by atoms with E-state index in [0.29, 0.717) is 29.5 Å². The predicted octanol–water partition coefficient (Wildman–Crippen LogP) is 8.87. The van der Waals surface area contributed by atoms with Gasteiger partial charge >= 0.3 is 5.97 Å². The average Bonchev–Trinajstić information content (AvgIpc) is 2.81. The first kappa shape index (κ1) is 26.3. The quantitative estimate of drug-likeness (QED) is 0.186. The van der Waals surface area contributed by atoms with Crippen molar-refractivity contribution in [2.24, 2.45) is 0 Å². The van der Waals surface area contributed by atoms with Gasteiger partial charge in [0, 0.05) is 0 Å². The Morgan fingerprint density at radius 3 is 2.09 bits per heavy atom. The number of ether oxygens (including phenoxy) is 2. The smallest absolute Gasteiger partial charge is 0.338 e. The van der Waals surface area contributed by atoms with Crippen LogP contribution in [0, 0.1) is 0 Å². The van der Waals surface area contributed by atoms with E-state index in [-0.39, 0.29) is 5.97 Å². The fraction of sp³-hybridized carbons (Fsp3) is 0.536. The van der Waals surface area contributed by atoms with Gasteiger partial charge in [-0.15, -0.1) is 0 Å². The van der Waals surface area contributed by atoms with Crippen molar-refractivity contribution >= 4 is 17.6 Å². The van der Waals surface area contributed by atoms with E-state index in [1.165, 1.54) is 57.8 Å². The standard InChI is InChI=1S/C28H39ClO3/c1-3-5-6-7-8-9-10-11-12-15-21-31-27-19-18-23(22-26(27)29)24-16-13-14-17-25(24)28(30)32-20-4-2/h13-14,16-19,22H,3-12,15,20-21H2,1-2H3. The van der Waals surface area contributed by atoms with Gasteiger partial charge < -0.3 is 9.47 Å². The van der Waals surface area contributed by atoms with Crippen LogP contribution in [0.3, 0.4) is 0 Å². The maximum atomic E-state index is 12.4. The molecule has 176 valence electrons. The summed E-state index contributed by atoms with van der Waals surface area (Å²) in [7, 11) is 0. The van der Waals surface area contributed by atoms with Crippen LogP contribution in [0.25, 0.3) is 11.1 Å². The first-order chi connectivity index (χ1) is 15.7. The molecule has 0 heterocycles. The zero-order valence-electron chi connectivity index (χ0n) is 19.8. The Hall–Kier alpha value is -2.00. The predicted molar refractivity (Wildman–Crippen MR) is 135 cm³/mol. The molecule has 0 aliphatic rings. The van der Waals surface area contributed by atoms with Crippen LogP contribution in [0.4, 0.5) is 0 Å². The largest absolute Gasteiger partial charge is 0.492 e. The number of esters is 1. The van der Waals surface area contributed by atoms with Crippen molar-refractivity contribution in [2.45, 2.75) is 84.5 Å². The van der Waals surface area contributed by atoms with E-state index in [1.54, 1.807) is 6.07 Å². The summed E-state index contributed by atoms with van der Waals surface area (Å²) in [6.07, 6.45) is 13.8. The lowest BCUT2D eigenvalue weighted by molar-refractivity contribution is 0.0506. The van der Waals surface area contributed by atoms with Gasteiger partial charge in [0.1, 0.15) is 5.75 Å². The Morgan fingerprint density at radius 1 is 0.781 bits per heavy atom. The molecule has 0 spiro atoms. The molecule has 2 aromatic rings. The van der Waals surface area contributed by atoms with Crippen molar-refractivity contribution in [3.63, 3.8) is 0 Å². The zero-order chi connectivity index (χ0) is 23.0. The number of hydrogen-bond acceptors (Lipinski definition) is 3. The van der Waals surface area contributed by atoms with Gasteiger partial charge in [-0.1, -0.05) is 108 Å². The summed E-state index contributed by atoms with van der Waals surface area (Å²) in [6, 6.07) is 13.2. The Labute approximate surface area is 199 Å². The third-order valence-corrected chi connectivity index (χ3v) is 5.88. The fourth-order valence-corrected chi connectivity index (χ4v) is 3.98. The van der Waals surface area contributed by atoms with Gasteiger partial charge in [-0.3, -0.25) is 0 Å². The summed E-state index contributed by atoms with van der Waals surface area (Å²) in [5.74, 6) is 0.386. The molecule has 0 aromatic heterocycles. The Balaban J connectivity index is 1.78. The molecule has 0 atom stereocenters. The molecule has 0 aliphatic carbocycles. The van der Waals surface area contributed by atoms with Crippen molar-refractivity contribution in [3.05, 3.63) is 53.1 Å². The third kappa shape index (κ3) is 9.24. The second-order valence-corrected chi connectivity index (χ2v) is 8.76. The molecule has 0 amide bonds. The molecule has 0 bridgehead atoms. The molecule has 2 aromatic carbocycles. The molecule has 0 saturated heterocycles. The van der Waals surface area contributed by atoms with E-state index in [4.69, 9.17) is 21.1 Å². The molecule has 0 saturated carbocycles. The van der Waals surface area contributed by atoms with E-state index < -0.39 is 0 Å².